The molecule has 2 rings (SSSR count). The van der Waals surface area contributed by atoms with E-state index >= 15 is 0 Å². The number of carbonyl (C=O) groups is 1. The van der Waals surface area contributed by atoms with E-state index in [0.29, 0.717) is 11.1 Å². The van der Waals surface area contributed by atoms with Crippen molar-refractivity contribution < 1.29 is 9.90 Å². The first-order valence-electron chi connectivity index (χ1n) is 7.59. The second kappa shape index (κ2) is 7.51. The monoisotopic (exact) mass is 307 g/mol. The highest BCUT2D eigenvalue weighted by Gasteiger charge is 2.20. The van der Waals surface area contributed by atoms with E-state index in [4.69, 9.17) is 16.7 Å². The fourth-order valence-electron chi connectivity index (χ4n) is 3.04. The first-order valence-corrected chi connectivity index (χ1v) is 7.97. The average Bonchev–Trinajstić information content (AvgIpc) is 2.48. The normalized spacial score (nSPS) is 16.3. The van der Waals surface area contributed by atoms with Crippen LogP contribution in [0.15, 0.2) is 24.3 Å². The molecule has 0 saturated heterocycles. The Balaban J connectivity index is 2.18. The number of nitrogens with zero attached hydrogens (tertiary/aromatic N) is 1. The van der Waals surface area contributed by atoms with Crippen molar-refractivity contribution in [2.45, 2.75) is 45.1 Å². The first-order chi connectivity index (χ1) is 10.1. The second-order valence-electron chi connectivity index (χ2n) is 5.46. The van der Waals surface area contributed by atoms with Crippen LogP contribution in [0.3, 0.4) is 0 Å². The van der Waals surface area contributed by atoms with E-state index in [1.165, 1.54) is 38.2 Å². The maximum atomic E-state index is 10.6. The van der Waals surface area contributed by atoms with Gasteiger partial charge in [0.15, 0.2) is 0 Å². The van der Waals surface area contributed by atoms with Crippen LogP contribution in [0.1, 0.15) is 44.6 Å². The molecular formula is C17H22ClNO2. The summed E-state index contributed by atoms with van der Waals surface area (Å²) >= 11 is 6.28. The Morgan fingerprint density at radius 1 is 1.38 bits per heavy atom. The standard InChI is InChI=1S/C17H22ClNO2/c1-2-19(14-6-4-3-5-7-14)15-10-8-13(16(18)12-15)9-11-17(20)21/h8-12,14H,2-7H2,1H3,(H,20,21)/b11-9+. The van der Waals surface area contributed by atoms with Gasteiger partial charge in [-0.15, -0.1) is 0 Å². The molecule has 1 fully saturated rings. The third-order valence-electron chi connectivity index (χ3n) is 4.08. The van der Waals surface area contributed by atoms with Crippen molar-refractivity contribution in [3.63, 3.8) is 0 Å². The van der Waals surface area contributed by atoms with Gasteiger partial charge >= 0.3 is 5.97 Å². The van der Waals surface area contributed by atoms with E-state index < -0.39 is 5.97 Å². The van der Waals surface area contributed by atoms with Crippen LogP contribution in [0.5, 0.6) is 0 Å². The largest absolute Gasteiger partial charge is 0.478 e. The summed E-state index contributed by atoms with van der Waals surface area (Å²) in [5.41, 5.74) is 1.87. The lowest BCUT2D eigenvalue weighted by molar-refractivity contribution is -0.131. The Hall–Kier alpha value is -1.48. The van der Waals surface area contributed by atoms with Crippen LogP contribution in [0.4, 0.5) is 5.69 Å². The Labute approximate surface area is 131 Å². The molecule has 1 aromatic rings. The molecule has 1 aliphatic carbocycles. The molecule has 0 bridgehead atoms. The van der Waals surface area contributed by atoms with Gasteiger partial charge in [-0.2, -0.15) is 0 Å². The molecule has 21 heavy (non-hydrogen) atoms. The van der Waals surface area contributed by atoms with Crippen molar-refractivity contribution in [1.29, 1.82) is 0 Å². The number of anilines is 1. The summed E-state index contributed by atoms with van der Waals surface area (Å²) in [6.07, 6.45) is 9.07. The summed E-state index contributed by atoms with van der Waals surface area (Å²) in [4.78, 5) is 13.0. The molecule has 0 radical (unpaired) electrons. The molecule has 0 unspecified atom stereocenters. The fraction of sp³-hybridized carbons (Fsp3) is 0.471. The van der Waals surface area contributed by atoms with Gasteiger partial charge in [0.2, 0.25) is 0 Å². The van der Waals surface area contributed by atoms with Crippen molar-refractivity contribution in [1.82, 2.24) is 0 Å². The molecule has 0 atom stereocenters. The zero-order valence-corrected chi connectivity index (χ0v) is 13.1. The van der Waals surface area contributed by atoms with Gasteiger partial charge in [-0.3, -0.25) is 0 Å². The maximum absolute atomic E-state index is 10.6. The summed E-state index contributed by atoms with van der Waals surface area (Å²) < 4.78 is 0. The molecule has 0 aliphatic heterocycles. The Morgan fingerprint density at radius 3 is 2.67 bits per heavy atom. The van der Waals surface area contributed by atoms with Crippen molar-refractivity contribution >= 4 is 29.3 Å². The molecule has 0 amide bonds. The number of hydrogen-bond donors (Lipinski definition) is 1. The molecular weight excluding hydrogens is 286 g/mol. The Bertz CT molecular complexity index is 522. The van der Waals surface area contributed by atoms with Crippen LogP contribution in [-0.2, 0) is 4.79 Å². The van der Waals surface area contributed by atoms with Gasteiger partial charge in [0.1, 0.15) is 0 Å². The van der Waals surface area contributed by atoms with E-state index in [0.717, 1.165) is 23.9 Å². The number of halogens is 1. The molecule has 1 aromatic carbocycles. The third kappa shape index (κ3) is 4.24. The van der Waals surface area contributed by atoms with E-state index in [9.17, 15) is 4.79 Å². The molecule has 1 saturated carbocycles. The number of benzene rings is 1. The Kier molecular flexibility index (Phi) is 5.68. The van der Waals surface area contributed by atoms with E-state index in [2.05, 4.69) is 11.8 Å². The number of hydrogen-bond acceptors (Lipinski definition) is 2. The van der Waals surface area contributed by atoms with Gasteiger partial charge in [0, 0.05) is 29.4 Å². The van der Waals surface area contributed by atoms with Crippen LogP contribution < -0.4 is 4.90 Å². The third-order valence-corrected chi connectivity index (χ3v) is 4.40. The van der Waals surface area contributed by atoms with E-state index in [1.807, 2.05) is 18.2 Å². The maximum Gasteiger partial charge on any atom is 0.328 e. The molecule has 0 aromatic heterocycles. The van der Waals surface area contributed by atoms with Crippen LogP contribution in [0.25, 0.3) is 6.08 Å². The van der Waals surface area contributed by atoms with Gasteiger partial charge in [-0.05, 0) is 43.5 Å². The minimum atomic E-state index is -0.965. The van der Waals surface area contributed by atoms with Gasteiger partial charge in [0.05, 0.1) is 0 Å². The smallest absolute Gasteiger partial charge is 0.328 e. The zero-order valence-electron chi connectivity index (χ0n) is 12.4. The molecule has 0 spiro atoms. The van der Waals surface area contributed by atoms with Crippen molar-refractivity contribution in [2.24, 2.45) is 0 Å². The van der Waals surface area contributed by atoms with Crippen LogP contribution in [-0.4, -0.2) is 23.7 Å². The highest BCUT2D eigenvalue weighted by Crippen LogP contribution is 2.30. The second-order valence-corrected chi connectivity index (χ2v) is 5.86. The predicted molar refractivity (Wildman–Crippen MR) is 88.0 cm³/mol. The zero-order chi connectivity index (χ0) is 15.2. The SMILES string of the molecule is CCN(c1ccc(/C=C/C(=O)O)c(Cl)c1)C1CCCCC1. The summed E-state index contributed by atoms with van der Waals surface area (Å²) in [6.45, 7) is 3.13. The quantitative estimate of drug-likeness (QED) is 0.808. The minimum absolute atomic E-state index is 0.597. The first kappa shape index (κ1) is 15.9. The van der Waals surface area contributed by atoms with Gasteiger partial charge < -0.3 is 10.0 Å². The highest BCUT2D eigenvalue weighted by molar-refractivity contribution is 6.32. The van der Waals surface area contributed by atoms with Crippen molar-refractivity contribution in [3.8, 4) is 0 Å². The van der Waals surface area contributed by atoms with Crippen LogP contribution >= 0.6 is 11.6 Å². The van der Waals surface area contributed by atoms with Gasteiger partial charge in [0.25, 0.3) is 0 Å². The molecule has 1 aliphatic rings. The van der Waals surface area contributed by atoms with Crippen LogP contribution in [0.2, 0.25) is 5.02 Å². The lowest BCUT2D eigenvalue weighted by atomic mass is 9.93. The summed E-state index contributed by atoms with van der Waals surface area (Å²) in [6, 6.07) is 6.47. The summed E-state index contributed by atoms with van der Waals surface area (Å²) in [7, 11) is 0. The number of aliphatic carboxylic acids is 1. The molecule has 4 heteroatoms. The molecule has 114 valence electrons. The predicted octanol–water partition coefficient (Wildman–Crippen LogP) is 4.60. The average molecular weight is 308 g/mol. The van der Waals surface area contributed by atoms with Crippen LogP contribution in [0, 0.1) is 0 Å². The Morgan fingerprint density at radius 2 is 2.10 bits per heavy atom. The van der Waals surface area contributed by atoms with Crippen molar-refractivity contribution in [2.75, 3.05) is 11.4 Å². The van der Waals surface area contributed by atoms with E-state index in [-0.39, 0.29) is 0 Å². The molecule has 0 heterocycles. The lowest BCUT2D eigenvalue weighted by Gasteiger charge is -2.35. The molecule has 1 N–H and O–H groups in total. The van der Waals surface area contributed by atoms with Gasteiger partial charge in [-0.25, -0.2) is 4.79 Å². The highest BCUT2D eigenvalue weighted by atomic mass is 35.5. The summed E-state index contributed by atoms with van der Waals surface area (Å²) in [5, 5.41) is 9.28. The summed E-state index contributed by atoms with van der Waals surface area (Å²) in [5.74, 6) is -0.965. The minimum Gasteiger partial charge on any atom is -0.478 e. The fourth-order valence-corrected chi connectivity index (χ4v) is 3.27. The number of carboxylic acids is 1. The number of rotatable bonds is 5. The van der Waals surface area contributed by atoms with Gasteiger partial charge in [-0.1, -0.05) is 36.9 Å². The van der Waals surface area contributed by atoms with E-state index in [1.54, 1.807) is 0 Å². The topological polar surface area (TPSA) is 40.5 Å². The lowest BCUT2D eigenvalue weighted by Crippen LogP contribution is -2.36. The molecule has 3 nitrogen and oxygen atoms in total. The van der Waals surface area contributed by atoms with Crippen molar-refractivity contribution in [3.05, 3.63) is 34.9 Å². The number of carboxylic acid groups (broad SMARTS) is 1.